The number of carbonyl (C=O) groups excluding carboxylic acids is 1. The van der Waals surface area contributed by atoms with Crippen LogP contribution in [0.5, 0.6) is 5.88 Å². The number of hydrogen-bond acceptors (Lipinski definition) is 5. The lowest BCUT2D eigenvalue weighted by atomic mass is 9.77. The van der Waals surface area contributed by atoms with Crippen LogP contribution in [0.3, 0.4) is 0 Å². The predicted molar refractivity (Wildman–Crippen MR) is 103 cm³/mol. The molecule has 0 radical (unpaired) electrons. The Kier molecular flexibility index (Phi) is 7.40. The predicted octanol–water partition coefficient (Wildman–Crippen LogP) is 3.29. The average molecular weight is 444 g/mol. The van der Waals surface area contributed by atoms with Crippen LogP contribution in [0.2, 0.25) is 0 Å². The molecule has 2 aliphatic heterocycles. The number of pyridine rings is 1. The van der Waals surface area contributed by atoms with Gasteiger partial charge >= 0.3 is 12.1 Å². The molecule has 1 N–H and O–H groups in total. The van der Waals surface area contributed by atoms with E-state index < -0.39 is 12.1 Å². The van der Waals surface area contributed by atoms with Crippen LogP contribution in [0.15, 0.2) is 24.4 Å². The summed E-state index contributed by atoms with van der Waals surface area (Å²) in [5.74, 6) is -0.791. The van der Waals surface area contributed by atoms with Gasteiger partial charge in [-0.1, -0.05) is 12.5 Å². The van der Waals surface area contributed by atoms with Gasteiger partial charge in [0.1, 0.15) is 5.60 Å². The molecule has 172 valence electrons. The molecule has 1 aliphatic carbocycles. The normalized spacial score (nSPS) is 22.5. The fraction of sp³-hybridized carbons (Fsp3) is 0.667. The molecule has 3 fully saturated rings. The first kappa shape index (κ1) is 23.3. The standard InChI is InChI=1S/C19H26N2O3.C2HF3O2/c22-18(16-4-3-5-16)21-13-19(14-21)12-15(8-11-24-19)7-10-23-17-6-1-2-9-20-17;3-2(4,5)1(6)7/h1-2,6,9,15-16H,3-5,7-8,10-14H2;(H,6,7). The van der Waals surface area contributed by atoms with E-state index in [1.807, 2.05) is 23.1 Å². The van der Waals surface area contributed by atoms with Crippen LogP contribution in [0.1, 0.15) is 38.5 Å². The molecule has 1 amide bonds. The van der Waals surface area contributed by atoms with Gasteiger partial charge in [0.15, 0.2) is 0 Å². The quantitative estimate of drug-likeness (QED) is 0.750. The topological polar surface area (TPSA) is 89.0 Å². The van der Waals surface area contributed by atoms with E-state index in [4.69, 9.17) is 19.4 Å². The van der Waals surface area contributed by atoms with Gasteiger partial charge in [0, 0.05) is 24.8 Å². The van der Waals surface area contributed by atoms with E-state index in [0.29, 0.717) is 30.2 Å². The molecule has 4 rings (SSSR count). The molecular weight excluding hydrogens is 417 g/mol. The Bertz CT molecular complexity index is 749. The van der Waals surface area contributed by atoms with Crippen molar-refractivity contribution >= 4 is 11.9 Å². The SMILES string of the molecule is O=C(C1CCC1)N1CC2(CC(CCOc3ccccn3)CCO2)C1.O=C(O)C(F)(F)F. The molecule has 1 saturated carbocycles. The number of aromatic nitrogens is 1. The molecule has 1 atom stereocenters. The van der Waals surface area contributed by atoms with Crippen LogP contribution in [-0.2, 0) is 14.3 Å². The van der Waals surface area contributed by atoms with Gasteiger partial charge in [-0.05, 0) is 44.1 Å². The maximum absolute atomic E-state index is 12.3. The number of carboxylic acids is 1. The van der Waals surface area contributed by atoms with Crippen molar-refractivity contribution in [3.8, 4) is 5.88 Å². The minimum atomic E-state index is -5.08. The zero-order chi connectivity index (χ0) is 22.5. The Morgan fingerprint density at radius 2 is 1.97 bits per heavy atom. The maximum Gasteiger partial charge on any atom is 0.490 e. The summed E-state index contributed by atoms with van der Waals surface area (Å²) >= 11 is 0. The highest BCUT2D eigenvalue weighted by molar-refractivity contribution is 5.80. The Hall–Kier alpha value is -2.36. The van der Waals surface area contributed by atoms with Gasteiger partial charge in [-0.15, -0.1) is 0 Å². The number of ether oxygens (including phenoxy) is 2. The lowest BCUT2D eigenvalue weighted by Crippen LogP contribution is -2.67. The zero-order valence-electron chi connectivity index (χ0n) is 17.1. The second-order valence-electron chi connectivity index (χ2n) is 8.32. The molecule has 2 saturated heterocycles. The van der Waals surface area contributed by atoms with E-state index >= 15 is 0 Å². The van der Waals surface area contributed by atoms with Gasteiger partial charge < -0.3 is 19.5 Å². The molecule has 1 aromatic heterocycles. The highest BCUT2D eigenvalue weighted by atomic mass is 19.4. The second-order valence-corrected chi connectivity index (χ2v) is 8.32. The summed E-state index contributed by atoms with van der Waals surface area (Å²) in [6, 6.07) is 5.72. The minimum absolute atomic E-state index is 0.0761. The van der Waals surface area contributed by atoms with Gasteiger partial charge in [0.2, 0.25) is 11.8 Å². The van der Waals surface area contributed by atoms with Gasteiger partial charge in [0.25, 0.3) is 0 Å². The molecule has 3 aliphatic rings. The third kappa shape index (κ3) is 6.32. The summed E-state index contributed by atoms with van der Waals surface area (Å²) in [6.07, 6.45) is 3.20. The van der Waals surface area contributed by atoms with E-state index in [-0.39, 0.29) is 5.60 Å². The largest absolute Gasteiger partial charge is 0.490 e. The number of aliphatic carboxylic acids is 1. The lowest BCUT2D eigenvalue weighted by Gasteiger charge is -2.54. The smallest absolute Gasteiger partial charge is 0.478 e. The van der Waals surface area contributed by atoms with Crippen molar-refractivity contribution < 1.29 is 37.3 Å². The van der Waals surface area contributed by atoms with E-state index in [9.17, 15) is 18.0 Å². The summed E-state index contributed by atoms with van der Waals surface area (Å²) in [5, 5.41) is 7.12. The van der Waals surface area contributed by atoms with Gasteiger partial charge in [0.05, 0.1) is 19.7 Å². The highest BCUT2D eigenvalue weighted by Gasteiger charge is 2.50. The Balaban J connectivity index is 0.000000339. The van der Waals surface area contributed by atoms with Crippen LogP contribution < -0.4 is 4.74 Å². The number of hydrogen-bond donors (Lipinski definition) is 1. The second kappa shape index (κ2) is 9.84. The van der Waals surface area contributed by atoms with Crippen LogP contribution in [0.25, 0.3) is 0 Å². The summed E-state index contributed by atoms with van der Waals surface area (Å²) in [6.45, 7) is 3.09. The number of halogens is 3. The van der Waals surface area contributed by atoms with Crippen molar-refractivity contribution in [1.29, 1.82) is 0 Å². The minimum Gasteiger partial charge on any atom is -0.478 e. The molecule has 7 nitrogen and oxygen atoms in total. The monoisotopic (exact) mass is 444 g/mol. The van der Waals surface area contributed by atoms with E-state index in [0.717, 1.165) is 51.8 Å². The molecule has 3 heterocycles. The molecule has 31 heavy (non-hydrogen) atoms. The van der Waals surface area contributed by atoms with Crippen molar-refractivity contribution in [2.24, 2.45) is 11.8 Å². The van der Waals surface area contributed by atoms with E-state index in [1.165, 1.54) is 6.42 Å². The molecule has 10 heteroatoms. The summed E-state index contributed by atoms with van der Waals surface area (Å²) in [7, 11) is 0. The number of nitrogens with zero attached hydrogens (tertiary/aromatic N) is 2. The number of alkyl halides is 3. The number of amides is 1. The van der Waals surface area contributed by atoms with Gasteiger partial charge in [-0.25, -0.2) is 9.78 Å². The molecule has 1 spiro atoms. The number of carbonyl (C=O) groups is 2. The summed E-state index contributed by atoms with van der Waals surface area (Å²) < 4.78 is 43.5. The van der Waals surface area contributed by atoms with Gasteiger partial charge in [-0.2, -0.15) is 13.2 Å². The first-order valence-corrected chi connectivity index (χ1v) is 10.5. The van der Waals surface area contributed by atoms with Crippen LogP contribution in [0.4, 0.5) is 13.2 Å². The molecule has 0 aromatic carbocycles. The Morgan fingerprint density at radius 3 is 2.52 bits per heavy atom. The van der Waals surface area contributed by atoms with Crippen molar-refractivity contribution in [3.63, 3.8) is 0 Å². The van der Waals surface area contributed by atoms with E-state index in [2.05, 4.69) is 4.98 Å². The van der Waals surface area contributed by atoms with Crippen molar-refractivity contribution in [2.45, 2.75) is 50.3 Å². The van der Waals surface area contributed by atoms with Crippen molar-refractivity contribution in [3.05, 3.63) is 24.4 Å². The molecule has 1 unspecified atom stereocenters. The zero-order valence-corrected chi connectivity index (χ0v) is 17.1. The van der Waals surface area contributed by atoms with Crippen molar-refractivity contribution in [1.82, 2.24) is 9.88 Å². The first-order chi connectivity index (χ1) is 14.7. The molecular formula is C21H27F3N2O5. The van der Waals surface area contributed by atoms with E-state index in [1.54, 1.807) is 6.20 Å². The number of carboxylic acid groups (broad SMARTS) is 1. The third-order valence-corrected chi connectivity index (χ3v) is 5.98. The lowest BCUT2D eigenvalue weighted by molar-refractivity contribution is -0.193. The fourth-order valence-electron chi connectivity index (χ4n) is 4.08. The summed E-state index contributed by atoms with van der Waals surface area (Å²) in [5.41, 5.74) is -0.0761. The number of rotatable bonds is 5. The Morgan fingerprint density at radius 1 is 1.26 bits per heavy atom. The van der Waals surface area contributed by atoms with Crippen molar-refractivity contribution in [2.75, 3.05) is 26.3 Å². The third-order valence-electron chi connectivity index (χ3n) is 5.98. The van der Waals surface area contributed by atoms with Gasteiger partial charge in [-0.3, -0.25) is 4.79 Å². The number of likely N-dealkylation sites (tertiary alicyclic amines) is 1. The fourth-order valence-corrected chi connectivity index (χ4v) is 4.08. The van der Waals surface area contributed by atoms with Crippen LogP contribution in [0, 0.1) is 11.8 Å². The Labute approximate surface area is 178 Å². The average Bonchev–Trinajstić information content (AvgIpc) is 2.65. The molecule has 1 aromatic rings. The molecule has 0 bridgehead atoms. The van der Waals surface area contributed by atoms with Crippen LogP contribution in [-0.4, -0.2) is 64.9 Å². The maximum atomic E-state index is 12.3. The van der Waals surface area contributed by atoms with Crippen LogP contribution >= 0.6 is 0 Å². The first-order valence-electron chi connectivity index (χ1n) is 10.5. The summed E-state index contributed by atoms with van der Waals surface area (Å²) in [4.78, 5) is 27.4. The highest BCUT2D eigenvalue weighted by Crippen LogP contribution is 2.40.